The van der Waals surface area contributed by atoms with Gasteiger partial charge in [0.15, 0.2) is 0 Å². The zero-order valence-electron chi connectivity index (χ0n) is 8.54. The second-order valence-corrected chi connectivity index (χ2v) is 9.91. The van der Waals surface area contributed by atoms with E-state index in [2.05, 4.69) is 0 Å². The van der Waals surface area contributed by atoms with E-state index in [-0.39, 0.29) is 0 Å². The van der Waals surface area contributed by atoms with Crippen LogP contribution in [0.15, 0.2) is 0 Å². The zero-order valence-corrected chi connectivity index (χ0v) is 9.54. The Morgan fingerprint density at radius 3 is 1.46 bits per heavy atom. The van der Waals surface area contributed by atoms with Crippen molar-refractivity contribution in [1.82, 2.24) is 0 Å². The number of rotatable bonds is 1. The van der Waals surface area contributed by atoms with Crippen LogP contribution in [0.3, 0.4) is 0 Å². The first-order valence-electron chi connectivity index (χ1n) is 4.02. The van der Waals surface area contributed by atoms with Crippen LogP contribution in [-0.4, -0.2) is 19.7 Å². The second kappa shape index (κ2) is 3.11. The minimum atomic E-state index is -4.68. The van der Waals surface area contributed by atoms with E-state index in [4.69, 9.17) is 0 Å². The van der Waals surface area contributed by atoms with Gasteiger partial charge in [-0.15, -0.1) is 0 Å². The fourth-order valence-electron chi connectivity index (χ4n) is 0.695. The van der Waals surface area contributed by atoms with Crippen molar-refractivity contribution in [3.8, 4) is 0 Å². The maximum absolute atomic E-state index is 12.2. The first kappa shape index (κ1) is 12.7. The van der Waals surface area contributed by atoms with Gasteiger partial charge in [0.1, 0.15) is 8.07 Å². The Balaban J connectivity index is 4.98. The number of hydrogen-bond acceptors (Lipinski definition) is 1. The highest BCUT2D eigenvalue weighted by Crippen LogP contribution is 2.39. The Labute approximate surface area is 77.3 Å². The van der Waals surface area contributed by atoms with Crippen LogP contribution in [0.4, 0.5) is 13.2 Å². The van der Waals surface area contributed by atoms with Crippen LogP contribution in [0, 0.1) is 0 Å². The number of halogens is 3. The summed E-state index contributed by atoms with van der Waals surface area (Å²) >= 11 is 0. The van der Waals surface area contributed by atoms with Crippen molar-refractivity contribution in [2.45, 2.75) is 45.1 Å². The normalized spacial score (nSPS) is 14.5. The van der Waals surface area contributed by atoms with Crippen LogP contribution < -0.4 is 0 Å². The summed E-state index contributed by atoms with van der Waals surface area (Å²) in [7, 11) is -2.91. The summed E-state index contributed by atoms with van der Waals surface area (Å²) in [6.07, 6.45) is -4.68. The van der Waals surface area contributed by atoms with Crippen molar-refractivity contribution in [2.75, 3.05) is 0 Å². The molecule has 0 saturated heterocycles. The monoisotopic (exact) mass is 212 g/mol. The van der Waals surface area contributed by atoms with Gasteiger partial charge in [-0.25, -0.2) is 0 Å². The lowest BCUT2D eigenvalue weighted by Crippen LogP contribution is -2.52. The predicted octanol–water partition coefficient (Wildman–Crippen LogP) is 3.17. The minimum Gasteiger partial charge on any atom is -0.295 e. The van der Waals surface area contributed by atoms with Crippen LogP contribution in [0.25, 0.3) is 0 Å². The summed E-state index contributed by atoms with van der Waals surface area (Å²) in [4.78, 5) is 11.1. The molecule has 0 aromatic carbocycles. The Hall–Kier alpha value is -0.323. The van der Waals surface area contributed by atoms with Gasteiger partial charge in [-0.3, -0.25) is 4.79 Å². The molecule has 0 aliphatic heterocycles. The Morgan fingerprint density at radius 2 is 1.38 bits per heavy atom. The van der Waals surface area contributed by atoms with Gasteiger partial charge in [-0.05, 0) is 5.04 Å². The fourth-order valence-corrected chi connectivity index (χ4v) is 2.08. The highest BCUT2D eigenvalue weighted by Gasteiger charge is 2.54. The highest BCUT2D eigenvalue weighted by molar-refractivity contribution is 7.06. The van der Waals surface area contributed by atoms with E-state index in [9.17, 15) is 18.0 Å². The van der Waals surface area contributed by atoms with Crippen molar-refractivity contribution in [1.29, 1.82) is 0 Å². The summed E-state index contributed by atoms with van der Waals surface area (Å²) in [5, 5.41) is -2.08. The standard InChI is InChI=1S/C8H15F3OSi/c1-7(2,3)13(4,5)6(12)8(9,10)11/h1-5H3. The molecule has 0 spiro atoms. The van der Waals surface area contributed by atoms with Crippen molar-refractivity contribution >= 4 is 13.5 Å². The van der Waals surface area contributed by atoms with Crippen molar-refractivity contribution in [2.24, 2.45) is 0 Å². The molecule has 0 bridgehead atoms. The van der Waals surface area contributed by atoms with Gasteiger partial charge in [0, 0.05) is 0 Å². The minimum absolute atomic E-state index is 0.556. The molecule has 13 heavy (non-hydrogen) atoms. The van der Waals surface area contributed by atoms with E-state index in [0.29, 0.717) is 0 Å². The summed E-state index contributed by atoms with van der Waals surface area (Å²) in [6, 6.07) is 0. The van der Waals surface area contributed by atoms with Gasteiger partial charge in [0.2, 0.25) is 5.41 Å². The van der Waals surface area contributed by atoms with Crippen LogP contribution >= 0.6 is 0 Å². The number of carbonyl (C=O) groups is 1. The van der Waals surface area contributed by atoms with Crippen LogP contribution in [-0.2, 0) is 4.79 Å². The molecule has 1 nitrogen and oxygen atoms in total. The van der Waals surface area contributed by atoms with Gasteiger partial charge in [0.25, 0.3) is 0 Å². The third kappa shape index (κ3) is 2.56. The van der Waals surface area contributed by atoms with Crippen molar-refractivity contribution < 1.29 is 18.0 Å². The summed E-state index contributed by atoms with van der Waals surface area (Å²) in [5.74, 6) is 0. The molecule has 0 fully saturated rings. The molecule has 0 aliphatic carbocycles. The Bertz CT molecular complexity index is 212. The quantitative estimate of drug-likeness (QED) is 0.610. The lowest BCUT2D eigenvalue weighted by atomic mass is 10.2. The first-order chi connectivity index (χ1) is 5.40. The molecule has 0 amide bonds. The number of hydrogen-bond donors (Lipinski definition) is 0. The smallest absolute Gasteiger partial charge is 0.295 e. The predicted molar refractivity (Wildman–Crippen MR) is 48.3 cm³/mol. The molecule has 0 unspecified atom stereocenters. The van der Waals surface area contributed by atoms with E-state index in [1.807, 2.05) is 0 Å². The van der Waals surface area contributed by atoms with Gasteiger partial charge in [0.05, 0.1) is 0 Å². The molecule has 0 N–H and O–H groups in total. The van der Waals surface area contributed by atoms with Crippen molar-refractivity contribution in [3.63, 3.8) is 0 Å². The molecule has 0 saturated carbocycles. The average Bonchev–Trinajstić information content (AvgIpc) is 1.81. The molecular formula is C8H15F3OSi. The maximum atomic E-state index is 12.2. The molecule has 0 aliphatic rings. The van der Waals surface area contributed by atoms with Crippen LogP contribution in [0.5, 0.6) is 0 Å². The van der Waals surface area contributed by atoms with E-state index in [1.54, 1.807) is 20.8 Å². The summed E-state index contributed by atoms with van der Waals surface area (Å²) in [5.41, 5.74) is 0. The molecule has 0 heterocycles. The molecule has 0 rings (SSSR count). The summed E-state index contributed by atoms with van der Waals surface area (Å²) in [6.45, 7) is 7.97. The molecule has 78 valence electrons. The third-order valence-electron chi connectivity index (χ3n) is 2.70. The van der Waals surface area contributed by atoms with Crippen molar-refractivity contribution in [3.05, 3.63) is 0 Å². The zero-order chi connectivity index (χ0) is 11.1. The summed E-state index contributed by atoms with van der Waals surface area (Å²) < 4.78 is 36.5. The third-order valence-corrected chi connectivity index (χ3v) is 7.87. The van der Waals surface area contributed by atoms with Gasteiger partial charge in [-0.1, -0.05) is 33.9 Å². The maximum Gasteiger partial charge on any atom is 0.444 e. The van der Waals surface area contributed by atoms with Gasteiger partial charge in [-0.2, -0.15) is 13.2 Å². The van der Waals surface area contributed by atoms with Gasteiger partial charge < -0.3 is 0 Å². The number of alkyl halides is 3. The molecule has 5 heteroatoms. The van der Waals surface area contributed by atoms with Crippen LogP contribution in [0.1, 0.15) is 20.8 Å². The van der Waals surface area contributed by atoms with Gasteiger partial charge >= 0.3 is 6.18 Å². The largest absolute Gasteiger partial charge is 0.444 e. The number of carbonyl (C=O) groups excluding carboxylic acids is 1. The topological polar surface area (TPSA) is 17.1 Å². The molecule has 0 aromatic rings. The van der Waals surface area contributed by atoms with E-state index in [1.165, 1.54) is 13.1 Å². The molecule has 0 aromatic heterocycles. The van der Waals surface area contributed by atoms with E-state index < -0.39 is 24.7 Å². The molecular weight excluding hydrogens is 197 g/mol. The Morgan fingerprint density at radius 1 is 1.08 bits per heavy atom. The first-order valence-corrected chi connectivity index (χ1v) is 7.02. The molecule has 0 atom stereocenters. The average molecular weight is 212 g/mol. The molecule has 0 radical (unpaired) electrons. The SMILES string of the molecule is CC(C)(C)[Si](C)(C)C(=O)C(F)(F)F. The van der Waals surface area contributed by atoms with E-state index >= 15 is 0 Å². The van der Waals surface area contributed by atoms with Crippen LogP contribution in [0.2, 0.25) is 18.1 Å². The lowest BCUT2D eigenvalue weighted by Gasteiger charge is -2.35. The second-order valence-electron chi connectivity index (χ2n) is 4.70. The van der Waals surface area contributed by atoms with E-state index in [0.717, 1.165) is 0 Å². The fraction of sp³-hybridized carbons (Fsp3) is 0.875. The lowest BCUT2D eigenvalue weighted by molar-refractivity contribution is -0.163. The Kier molecular flexibility index (Phi) is 3.04. The highest BCUT2D eigenvalue weighted by atomic mass is 28.3.